The van der Waals surface area contributed by atoms with E-state index in [2.05, 4.69) is 12.1 Å². The molecule has 0 spiro atoms. The Labute approximate surface area is 255 Å². The van der Waals surface area contributed by atoms with Gasteiger partial charge in [-0.15, -0.1) is 11.3 Å². The maximum atomic E-state index is 14.8. The first kappa shape index (κ1) is 28.4. The second kappa shape index (κ2) is 11.5. The number of hydrogen-bond acceptors (Lipinski definition) is 5. The number of carbonyl (C=O) groups is 1. The van der Waals surface area contributed by atoms with Crippen molar-refractivity contribution < 1.29 is 18.3 Å². The highest BCUT2D eigenvalue weighted by Gasteiger charge is 2.24. The molecule has 0 aliphatic carbocycles. The number of ether oxygens (including phenoxy) is 1. The summed E-state index contributed by atoms with van der Waals surface area (Å²) in [6.45, 7) is 3.66. The molecule has 6 aromatic rings. The van der Waals surface area contributed by atoms with Crippen molar-refractivity contribution in [1.82, 2.24) is 3.97 Å². The topological polar surface area (TPSA) is 55.0 Å². The highest BCUT2D eigenvalue weighted by atomic mass is 32.2. The molecule has 6 rings (SSSR count). The number of hydrogen-bond donors (Lipinski definition) is 0. The fourth-order valence-electron chi connectivity index (χ4n) is 5.30. The van der Waals surface area contributed by atoms with Crippen LogP contribution in [0, 0.1) is 36.8 Å². The Hall–Kier alpha value is -4.71. The number of aryl methyl sites for hydroxylation is 2. The number of fused-ring (bicyclic) bond motifs is 1. The Morgan fingerprint density at radius 2 is 1.72 bits per heavy atom. The number of carbonyl (C=O) groups excluding carboxylic acids is 1. The Kier molecular flexibility index (Phi) is 7.61. The number of thiophene rings is 1. The zero-order valence-corrected chi connectivity index (χ0v) is 25.1. The zero-order chi connectivity index (χ0) is 30.2. The summed E-state index contributed by atoms with van der Waals surface area (Å²) in [6.07, 6.45) is 0. The zero-order valence-electron chi connectivity index (χ0n) is 23.4. The van der Waals surface area contributed by atoms with E-state index < -0.39 is 5.97 Å². The molecule has 0 saturated carbocycles. The minimum Gasteiger partial charge on any atom is -0.465 e. The van der Waals surface area contributed by atoms with Crippen LogP contribution in [0.15, 0.2) is 95.2 Å². The number of nitriles is 1. The van der Waals surface area contributed by atoms with Crippen LogP contribution in [0.25, 0.3) is 44.4 Å². The quantitative estimate of drug-likeness (QED) is 0.177. The molecule has 0 radical (unpaired) electrons. The van der Waals surface area contributed by atoms with Gasteiger partial charge < -0.3 is 4.74 Å². The fourth-order valence-corrected chi connectivity index (χ4v) is 7.11. The third-order valence-electron chi connectivity index (χ3n) is 7.34. The molecule has 0 fully saturated rings. The highest BCUT2D eigenvalue weighted by Crippen LogP contribution is 2.47. The van der Waals surface area contributed by atoms with E-state index >= 15 is 0 Å². The van der Waals surface area contributed by atoms with E-state index in [4.69, 9.17) is 4.74 Å². The minimum absolute atomic E-state index is 0.289. The summed E-state index contributed by atoms with van der Waals surface area (Å²) in [6, 6.07) is 27.2. The van der Waals surface area contributed by atoms with Gasteiger partial charge in [-0.2, -0.15) is 5.26 Å². The fraction of sp³-hybridized carbons (Fsp3) is 0.0857. The van der Waals surface area contributed by atoms with Crippen molar-refractivity contribution in [3.05, 3.63) is 124 Å². The average Bonchev–Trinajstić information content (AvgIpc) is 3.60. The van der Waals surface area contributed by atoms with Gasteiger partial charge in [0.1, 0.15) is 22.6 Å². The van der Waals surface area contributed by atoms with Gasteiger partial charge in [-0.05, 0) is 114 Å². The summed E-state index contributed by atoms with van der Waals surface area (Å²) >= 11 is 2.74. The van der Waals surface area contributed by atoms with Gasteiger partial charge in [0, 0.05) is 27.0 Å². The molecule has 212 valence electrons. The van der Waals surface area contributed by atoms with Crippen molar-refractivity contribution in [2.75, 3.05) is 7.11 Å². The third-order valence-corrected chi connectivity index (χ3v) is 9.19. The van der Waals surface area contributed by atoms with Crippen LogP contribution < -0.4 is 0 Å². The van der Waals surface area contributed by atoms with Crippen LogP contribution in [0.3, 0.4) is 0 Å². The molecule has 0 aliphatic rings. The van der Waals surface area contributed by atoms with Crippen molar-refractivity contribution in [2.45, 2.75) is 18.7 Å². The second-order valence-corrected chi connectivity index (χ2v) is 12.0. The molecular formula is C35H24F2N2O2S2. The minimum atomic E-state index is -0.401. The Balaban J connectivity index is 1.63. The first-order valence-corrected chi connectivity index (χ1v) is 15.0. The predicted octanol–water partition coefficient (Wildman–Crippen LogP) is 9.81. The van der Waals surface area contributed by atoms with Gasteiger partial charge in [-0.1, -0.05) is 24.3 Å². The van der Waals surface area contributed by atoms with Crippen LogP contribution in [0.5, 0.6) is 0 Å². The standard InChI is InChI=1S/C35H24F2N2O2S2/c1-20-15-24(35(40)41-3)7-10-27(20)22-5-4-6-23(17-22)34-33(28-13-14-42-32(28)19-38)29-18-25(36)8-12-31(29)39(34)43-26-9-11-30(37)21(2)16-26/h4-18H,1-3H3. The monoisotopic (exact) mass is 606 g/mol. The normalized spacial score (nSPS) is 11.1. The van der Waals surface area contributed by atoms with Crippen molar-refractivity contribution >= 4 is 40.2 Å². The molecular weight excluding hydrogens is 583 g/mol. The lowest BCUT2D eigenvalue weighted by Gasteiger charge is -2.14. The van der Waals surface area contributed by atoms with Gasteiger partial charge in [0.25, 0.3) is 0 Å². The van der Waals surface area contributed by atoms with Gasteiger partial charge in [-0.3, -0.25) is 3.97 Å². The van der Waals surface area contributed by atoms with E-state index in [0.717, 1.165) is 49.5 Å². The maximum absolute atomic E-state index is 14.8. The summed E-state index contributed by atoms with van der Waals surface area (Å²) in [5.41, 5.74) is 7.62. The molecule has 0 unspecified atom stereocenters. The molecule has 2 aromatic heterocycles. The summed E-state index contributed by atoms with van der Waals surface area (Å²) in [5.74, 6) is -1.08. The Morgan fingerprint density at radius 1 is 0.907 bits per heavy atom. The summed E-state index contributed by atoms with van der Waals surface area (Å²) in [7, 11) is 1.36. The molecule has 2 heterocycles. The van der Waals surface area contributed by atoms with Crippen LogP contribution in [0.4, 0.5) is 8.78 Å². The molecule has 0 aliphatic heterocycles. The van der Waals surface area contributed by atoms with E-state index in [1.165, 1.54) is 48.6 Å². The third kappa shape index (κ3) is 5.22. The largest absolute Gasteiger partial charge is 0.465 e. The average molecular weight is 607 g/mol. The van der Waals surface area contributed by atoms with Gasteiger partial charge in [-0.25, -0.2) is 13.6 Å². The molecule has 0 amide bonds. The number of esters is 1. The van der Waals surface area contributed by atoms with Crippen molar-refractivity contribution in [2.24, 2.45) is 0 Å². The summed E-state index contributed by atoms with van der Waals surface area (Å²) in [4.78, 5) is 13.4. The lowest BCUT2D eigenvalue weighted by atomic mass is 9.94. The lowest BCUT2D eigenvalue weighted by Crippen LogP contribution is -2.01. The smallest absolute Gasteiger partial charge is 0.337 e. The molecule has 4 aromatic carbocycles. The van der Waals surface area contributed by atoms with Gasteiger partial charge in [0.05, 0.1) is 23.9 Å². The first-order valence-electron chi connectivity index (χ1n) is 13.3. The second-order valence-electron chi connectivity index (χ2n) is 10.1. The highest BCUT2D eigenvalue weighted by molar-refractivity contribution is 7.98. The first-order chi connectivity index (χ1) is 20.8. The molecule has 0 N–H and O–H groups in total. The van der Waals surface area contributed by atoms with E-state index in [1.807, 2.05) is 46.6 Å². The van der Waals surface area contributed by atoms with Gasteiger partial charge >= 0.3 is 5.97 Å². The number of nitrogens with zero attached hydrogens (tertiary/aromatic N) is 2. The predicted molar refractivity (Wildman–Crippen MR) is 169 cm³/mol. The summed E-state index contributed by atoms with van der Waals surface area (Å²) in [5, 5.41) is 12.5. The van der Waals surface area contributed by atoms with Crippen LogP contribution >= 0.6 is 23.3 Å². The molecule has 0 saturated heterocycles. The lowest BCUT2D eigenvalue weighted by molar-refractivity contribution is 0.0600. The van der Waals surface area contributed by atoms with E-state index in [-0.39, 0.29) is 11.6 Å². The molecule has 0 atom stereocenters. The number of halogens is 2. The van der Waals surface area contributed by atoms with Crippen molar-refractivity contribution in [1.29, 1.82) is 5.26 Å². The molecule has 4 nitrogen and oxygen atoms in total. The number of rotatable bonds is 6. The molecule has 43 heavy (non-hydrogen) atoms. The number of benzene rings is 4. The Morgan fingerprint density at radius 3 is 2.47 bits per heavy atom. The van der Waals surface area contributed by atoms with Crippen LogP contribution in [0.1, 0.15) is 26.4 Å². The molecule has 0 bridgehead atoms. The Bertz CT molecular complexity index is 2090. The molecule has 8 heteroatoms. The van der Waals surface area contributed by atoms with Gasteiger partial charge in [0.15, 0.2) is 0 Å². The number of aromatic nitrogens is 1. The number of methoxy groups -OCH3 is 1. The van der Waals surface area contributed by atoms with E-state index in [0.29, 0.717) is 21.4 Å². The maximum Gasteiger partial charge on any atom is 0.337 e. The van der Waals surface area contributed by atoms with Gasteiger partial charge in [0.2, 0.25) is 0 Å². The van der Waals surface area contributed by atoms with Crippen LogP contribution in [-0.2, 0) is 4.74 Å². The van der Waals surface area contributed by atoms with Crippen LogP contribution in [-0.4, -0.2) is 17.1 Å². The van der Waals surface area contributed by atoms with Crippen LogP contribution in [0.2, 0.25) is 0 Å². The van der Waals surface area contributed by atoms with E-state index in [1.54, 1.807) is 37.3 Å². The van der Waals surface area contributed by atoms with Crippen molar-refractivity contribution in [3.63, 3.8) is 0 Å². The van der Waals surface area contributed by atoms with Crippen molar-refractivity contribution in [3.8, 4) is 39.6 Å². The SMILES string of the molecule is COC(=O)c1ccc(-c2cccc(-c3c(-c4ccsc4C#N)c4cc(F)ccc4n3Sc3ccc(F)c(C)c3)c2)c(C)c1. The summed E-state index contributed by atoms with van der Waals surface area (Å²) < 4.78 is 35.9. The van der Waals surface area contributed by atoms with E-state index in [9.17, 15) is 18.8 Å².